The second-order valence-electron chi connectivity index (χ2n) is 6.88. The van der Waals surface area contributed by atoms with E-state index in [-0.39, 0.29) is 11.9 Å². The maximum Gasteiger partial charge on any atom is 0.246 e. The van der Waals surface area contributed by atoms with Crippen LogP contribution in [0, 0.1) is 19.8 Å². The van der Waals surface area contributed by atoms with Gasteiger partial charge in [-0.25, -0.2) is 0 Å². The second kappa shape index (κ2) is 6.37. The van der Waals surface area contributed by atoms with Gasteiger partial charge < -0.3 is 14.0 Å². The lowest BCUT2D eigenvalue weighted by atomic mass is 10.00. The second-order valence-corrected chi connectivity index (χ2v) is 6.88. The molecule has 24 heavy (non-hydrogen) atoms. The van der Waals surface area contributed by atoms with E-state index < -0.39 is 0 Å². The Morgan fingerprint density at radius 1 is 1.29 bits per heavy atom. The number of likely N-dealkylation sites (N-methyl/N-ethyl adjacent to an activating group) is 1. The molecule has 1 aliphatic heterocycles. The highest BCUT2D eigenvalue weighted by atomic mass is 16.5. The Balaban J connectivity index is 2.00. The van der Waals surface area contributed by atoms with Gasteiger partial charge in [0.1, 0.15) is 17.6 Å². The fraction of sp³-hybridized carbons (Fsp3) is 0.647. The number of aromatic nitrogens is 4. The highest BCUT2D eigenvalue weighted by Gasteiger charge is 2.35. The van der Waals surface area contributed by atoms with E-state index in [1.165, 1.54) is 0 Å². The Kier molecular flexibility index (Phi) is 4.43. The van der Waals surface area contributed by atoms with Gasteiger partial charge >= 0.3 is 0 Å². The van der Waals surface area contributed by atoms with Crippen LogP contribution in [0.15, 0.2) is 4.52 Å². The van der Waals surface area contributed by atoms with E-state index in [0.29, 0.717) is 25.4 Å². The van der Waals surface area contributed by atoms with Crippen molar-refractivity contribution in [2.45, 2.75) is 60.0 Å². The number of hydrogen-bond acceptors (Lipinski definition) is 5. The van der Waals surface area contributed by atoms with Crippen molar-refractivity contribution in [2.24, 2.45) is 5.92 Å². The Morgan fingerprint density at radius 3 is 2.62 bits per heavy atom. The summed E-state index contributed by atoms with van der Waals surface area (Å²) in [5.74, 6) is 3.05. The molecule has 130 valence electrons. The molecule has 3 rings (SSSR count). The van der Waals surface area contributed by atoms with Crippen molar-refractivity contribution in [3.8, 4) is 0 Å². The molecule has 1 aliphatic rings. The van der Waals surface area contributed by atoms with Gasteiger partial charge in [-0.1, -0.05) is 19.0 Å². The molecule has 0 N–H and O–H groups in total. The van der Waals surface area contributed by atoms with E-state index in [4.69, 9.17) is 4.52 Å². The zero-order valence-corrected chi connectivity index (χ0v) is 15.0. The third-order valence-electron chi connectivity index (χ3n) is 4.67. The van der Waals surface area contributed by atoms with Gasteiger partial charge in [-0.05, 0) is 33.1 Å². The molecule has 0 saturated heterocycles. The number of rotatable bonds is 5. The minimum atomic E-state index is -0.223. The number of hydrogen-bond donors (Lipinski definition) is 0. The Labute approximate surface area is 142 Å². The number of aryl methyl sites for hydroxylation is 2. The summed E-state index contributed by atoms with van der Waals surface area (Å²) in [5.41, 5.74) is 1.89. The van der Waals surface area contributed by atoms with Gasteiger partial charge in [0.05, 0.1) is 12.2 Å². The molecule has 0 bridgehead atoms. The van der Waals surface area contributed by atoms with Gasteiger partial charge in [-0.2, -0.15) is 0 Å². The number of nitrogens with zero attached hydrogens (tertiary/aromatic N) is 5. The van der Waals surface area contributed by atoms with Crippen molar-refractivity contribution in [1.29, 1.82) is 0 Å². The molecule has 0 spiro atoms. The first kappa shape index (κ1) is 16.7. The molecule has 7 heteroatoms. The van der Waals surface area contributed by atoms with Gasteiger partial charge in [0.15, 0.2) is 5.82 Å². The number of carbonyl (C=O) groups is 1. The van der Waals surface area contributed by atoms with E-state index in [1.54, 1.807) is 0 Å². The van der Waals surface area contributed by atoms with Gasteiger partial charge in [-0.3, -0.25) is 4.79 Å². The molecule has 0 aromatic carbocycles. The van der Waals surface area contributed by atoms with Crippen LogP contribution in [0.25, 0.3) is 0 Å². The minimum absolute atomic E-state index is 0.165. The van der Waals surface area contributed by atoms with Crippen LogP contribution < -0.4 is 0 Å². The lowest BCUT2D eigenvalue weighted by Crippen LogP contribution is -2.43. The topological polar surface area (TPSA) is 77.1 Å². The van der Waals surface area contributed by atoms with Crippen molar-refractivity contribution < 1.29 is 9.32 Å². The average Bonchev–Trinajstić information content (AvgIpc) is 3.07. The molecule has 0 aliphatic carbocycles. The molecule has 7 nitrogen and oxygen atoms in total. The molecule has 1 amide bonds. The largest absolute Gasteiger partial charge is 0.361 e. The molecule has 2 aromatic rings. The molecule has 0 radical (unpaired) electrons. The summed E-state index contributed by atoms with van der Waals surface area (Å²) in [6.45, 7) is 11.3. The lowest BCUT2D eigenvalue weighted by Gasteiger charge is -2.34. The summed E-state index contributed by atoms with van der Waals surface area (Å²) >= 11 is 0. The molecule has 0 fully saturated rings. The fourth-order valence-electron chi connectivity index (χ4n) is 3.35. The zero-order chi connectivity index (χ0) is 17.4. The van der Waals surface area contributed by atoms with Crippen molar-refractivity contribution >= 4 is 5.91 Å². The van der Waals surface area contributed by atoms with Crippen LogP contribution >= 0.6 is 0 Å². The average molecular weight is 331 g/mol. The van der Waals surface area contributed by atoms with E-state index >= 15 is 0 Å². The Morgan fingerprint density at radius 2 is 2.04 bits per heavy atom. The van der Waals surface area contributed by atoms with E-state index in [2.05, 4.69) is 29.2 Å². The van der Waals surface area contributed by atoms with Gasteiger partial charge in [0, 0.05) is 18.5 Å². The van der Waals surface area contributed by atoms with Crippen LogP contribution in [0.1, 0.15) is 61.9 Å². The minimum Gasteiger partial charge on any atom is -0.361 e. The van der Waals surface area contributed by atoms with Gasteiger partial charge in [0.2, 0.25) is 5.91 Å². The summed E-state index contributed by atoms with van der Waals surface area (Å²) in [7, 11) is 0. The number of amides is 1. The molecule has 1 atom stereocenters. The maximum atomic E-state index is 12.9. The normalized spacial score (nSPS) is 17.7. The first-order chi connectivity index (χ1) is 11.4. The predicted molar refractivity (Wildman–Crippen MR) is 88.4 cm³/mol. The third kappa shape index (κ3) is 2.83. The summed E-state index contributed by atoms with van der Waals surface area (Å²) in [5, 5.41) is 12.7. The molecule has 0 saturated carbocycles. The highest BCUT2D eigenvalue weighted by molar-refractivity contribution is 5.81. The van der Waals surface area contributed by atoms with Gasteiger partial charge in [0.25, 0.3) is 0 Å². The van der Waals surface area contributed by atoms with E-state index in [9.17, 15) is 4.79 Å². The summed E-state index contributed by atoms with van der Waals surface area (Å²) in [6.07, 6.45) is 1.37. The lowest BCUT2D eigenvalue weighted by molar-refractivity contribution is -0.137. The van der Waals surface area contributed by atoms with Gasteiger partial charge in [-0.15, -0.1) is 10.2 Å². The SMILES string of the molecule is CCN1Cc2nnc(Cc3c(C)noc3C)n2[C@@H](CC(C)C)C1=O. The van der Waals surface area contributed by atoms with Crippen molar-refractivity contribution in [3.63, 3.8) is 0 Å². The van der Waals surface area contributed by atoms with Crippen LogP contribution in [-0.4, -0.2) is 37.3 Å². The fourth-order valence-corrected chi connectivity index (χ4v) is 3.35. The summed E-state index contributed by atoms with van der Waals surface area (Å²) in [6, 6.07) is -0.223. The first-order valence-corrected chi connectivity index (χ1v) is 8.55. The van der Waals surface area contributed by atoms with Crippen LogP contribution in [0.2, 0.25) is 0 Å². The molecule has 0 unspecified atom stereocenters. The predicted octanol–water partition coefficient (Wildman–Crippen LogP) is 2.42. The van der Waals surface area contributed by atoms with Crippen LogP contribution in [-0.2, 0) is 17.8 Å². The Bertz CT molecular complexity index is 727. The third-order valence-corrected chi connectivity index (χ3v) is 4.67. The van der Waals surface area contributed by atoms with Crippen molar-refractivity contribution in [2.75, 3.05) is 6.54 Å². The van der Waals surface area contributed by atoms with E-state index in [0.717, 1.165) is 35.1 Å². The molecular weight excluding hydrogens is 306 g/mol. The monoisotopic (exact) mass is 331 g/mol. The van der Waals surface area contributed by atoms with Crippen LogP contribution in [0.4, 0.5) is 0 Å². The molecular formula is C17H25N5O2. The highest BCUT2D eigenvalue weighted by Crippen LogP contribution is 2.29. The summed E-state index contributed by atoms with van der Waals surface area (Å²) in [4.78, 5) is 14.7. The van der Waals surface area contributed by atoms with Crippen LogP contribution in [0.3, 0.4) is 0 Å². The van der Waals surface area contributed by atoms with Crippen LogP contribution in [0.5, 0.6) is 0 Å². The summed E-state index contributed by atoms with van der Waals surface area (Å²) < 4.78 is 7.29. The quantitative estimate of drug-likeness (QED) is 0.841. The zero-order valence-electron chi connectivity index (χ0n) is 15.0. The number of carbonyl (C=O) groups excluding carboxylic acids is 1. The van der Waals surface area contributed by atoms with Crippen molar-refractivity contribution in [1.82, 2.24) is 24.8 Å². The maximum absolute atomic E-state index is 12.9. The van der Waals surface area contributed by atoms with Crippen molar-refractivity contribution in [3.05, 3.63) is 28.7 Å². The number of fused-ring (bicyclic) bond motifs is 1. The molecule has 2 aromatic heterocycles. The smallest absolute Gasteiger partial charge is 0.246 e. The first-order valence-electron chi connectivity index (χ1n) is 8.55. The van der Waals surface area contributed by atoms with E-state index in [1.807, 2.05) is 30.2 Å². The standard InChI is InChI=1S/C17H25N5O2/c1-6-21-9-16-19-18-15(8-13-11(4)20-24-12(13)5)22(16)14(17(21)23)7-10(2)3/h10,14H,6-9H2,1-5H3/t14-/m0/s1. The Hall–Kier alpha value is -2.18. The molecule has 3 heterocycles.